The summed E-state index contributed by atoms with van der Waals surface area (Å²) in [5.74, 6) is -0.731. The molecule has 0 heterocycles. The largest absolute Gasteiger partial charge is 0.320 e. The van der Waals surface area contributed by atoms with Gasteiger partial charge in [0.2, 0.25) is 0 Å². The van der Waals surface area contributed by atoms with Gasteiger partial charge in [-0.15, -0.1) is 0 Å². The smallest absolute Gasteiger partial charge is 0.128 e. The van der Waals surface area contributed by atoms with Crippen LogP contribution in [0.1, 0.15) is 22.7 Å². The van der Waals surface area contributed by atoms with Crippen molar-refractivity contribution in [2.45, 2.75) is 13.0 Å². The number of benzene rings is 2. The lowest BCUT2D eigenvalue weighted by molar-refractivity contribution is 0.594. The average molecular weight is 312 g/mol. The highest BCUT2D eigenvalue weighted by molar-refractivity contribution is 9.10. The molecule has 0 fully saturated rings. The van der Waals surface area contributed by atoms with Crippen LogP contribution in [0.5, 0.6) is 0 Å². The third kappa shape index (κ3) is 2.60. The quantitative estimate of drug-likeness (QED) is 0.888. The molecular formula is C14H12BrF2N. The van der Waals surface area contributed by atoms with E-state index in [0.717, 1.165) is 4.47 Å². The molecule has 0 amide bonds. The summed E-state index contributed by atoms with van der Waals surface area (Å²) < 4.78 is 27.9. The van der Waals surface area contributed by atoms with Gasteiger partial charge in [0.05, 0.1) is 6.04 Å². The normalized spacial score (nSPS) is 12.5. The second kappa shape index (κ2) is 5.16. The summed E-state index contributed by atoms with van der Waals surface area (Å²) in [6, 6.07) is 8.56. The van der Waals surface area contributed by atoms with Crippen molar-refractivity contribution in [3.63, 3.8) is 0 Å². The van der Waals surface area contributed by atoms with Crippen LogP contribution in [0.25, 0.3) is 0 Å². The lowest BCUT2D eigenvalue weighted by atomic mass is 9.98. The Morgan fingerprint density at radius 3 is 2.44 bits per heavy atom. The summed E-state index contributed by atoms with van der Waals surface area (Å²) in [7, 11) is 0. The predicted octanol–water partition coefficient (Wildman–Crippen LogP) is 4.08. The zero-order valence-electron chi connectivity index (χ0n) is 9.75. The van der Waals surface area contributed by atoms with Crippen LogP contribution in [0, 0.1) is 18.6 Å². The second-order valence-corrected chi connectivity index (χ2v) is 5.07. The van der Waals surface area contributed by atoms with Gasteiger partial charge in [0.1, 0.15) is 11.6 Å². The molecule has 0 radical (unpaired) electrons. The lowest BCUT2D eigenvalue weighted by Gasteiger charge is -2.14. The van der Waals surface area contributed by atoms with Crippen molar-refractivity contribution in [1.29, 1.82) is 0 Å². The van der Waals surface area contributed by atoms with E-state index in [1.54, 1.807) is 31.2 Å². The molecule has 0 aromatic heterocycles. The van der Waals surface area contributed by atoms with Gasteiger partial charge in [-0.2, -0.15) is 0 Å². The second-order valence-electron chi connectivity index (χ2n) is 4.15. The first kappa shape index (κ1) is 13.2. The SMILES string of the molecule is Cc1ccc(C(N)c2cc(Br)ccc2F)cc1F. The lowest BCUT2D eigenvalue weighted by Crippen LogP contribution is -2.14. The standard InChI is InChI=1S/C14H12BrF2N/c1-8-2-3-9(6-13(8)17)14(18)11-7-10(15)4-5-12(11)16/h2-7,14H,18H2,1H3. The van der Waals surface area contributed by atoms with Crippen molar-refractivity contribution < 1.29 is 8.78 Å². The van der Waals surface area contributed by atoms with E-state index in [1.165, 1.54) is 12.1 Å². The van der Waals surface area contributed by atoms with Gasteiger partial charge in [-0.05, 0) is 42.3 Å². The van der Waals surface area contributed by atoms with Gasteiger partial charge in [-0.1, -0.05) is 28.1 Å². The van der Waals surface area contributed by atoms with E-state index in [-0.39, 0.29) is 5.82 Å². The van der Waals surface area contributed by atoms with Crippen LogP contribution in [0.15, 0.2) is 40.9 Å². The molecule has 0 spiro atoms. The molecule has 1 unspecified atom stereocenters. The van der Waals surface area contributed by atoms with E-state index < -0.39 is 11.9 Å². The zero-order valence-corrected chi connectivity index (χ0v) is 11.3. The molecule has 18 heavy (non-hydrogen) atoms. The fraction of sp³-hybridized carbons (Fsp3) is 0.143. The molecule has 0 aliphatic heterocycles. The van der Waals surface area contributed by atoms with Gasteiger partial charge in [0.25, 0.3) is 0 Å². The molecule has 0 aliphatic carbocycles. The molecule has 2 aromatic carbocycles. The maximum atomic E-state index is 13.7. The monoisotopic (exact) mass is 311 g/mol. The van der Waals surface area contributed by atoms with Crippen molar-refractivity contribution in [3.8, 4) is 0 Å². The van der Waals surface area contributed by atoms with E-state index in [2.05, 4.69) is 15.9 Å². The summed E-state index contributed by atoms with van der Waals surface area (Å²) in [5.41, 5.74) is 7.41. The molecule has 2 aromatic rings. The Balaban J connectivity index is 2.44. The number of hydrogen-bond donors (Lipinski definition) is 1. The van der Waals surface area contributed by atoms with E-state index in [9.17, 15) is 8.78 Å². The van der Waals surface area contributed by atoms with Gasteiger partial charge in [0.15, 0.2) is 0 Å². The number of nitrogens with two attached hydrogens (primary N) is 1. The third-order valence-electron chi connectivity index (χ3n) is 2.85. The van der Waals surface area contributed by atoms with Crippen LogP contribution in [0.4, 0.5) is 8.78 Å². The van der Waals surface area contributed by atoms with E-state index in [4.69, 9.17) is 5.73 Å². The molecular weight excluding hydrogens is 300 g/mol. The average Bonchev–Trinajstić information content (AvgIpc) is 2.35. The molecule has 0 bridgehead atoms. The molecule has 1 atom stereocenters. The van der Waals surface area contributed by atoms with E-state index in [0.29, 0.717) is 16.7 Å². The minimum absolute atomic E-state index is 0.335. The molecule has 2 N–H and O–H groups in total. The van der Waals surface area contributed by atoms with Crippen LogP contribution >= 0.6 is 15.9 Å². The summed E-state index contributed by atoms with van der Waals surface area (Å²) >= 11 is 3.27. The van der Waals surface area contributed by atoms with Crippen LogP contribution in [-0.2, 0) is 0 Å². The number of rotatable bonds is 2. The molecule has 2 rings (SSSR count). The third-order valence-corrected chi connectivity index (χ3v) is 3.34. The van der Waals surface area contributed by atoms with Gasteiger partial charge < -0.3 is 5.73 Å². The maximum Gasteiger partial charge on any atom is 0.128 e. The fourth-order valence-corrected chi connectivity index (χ4v) is 2.11. The van der Waals surface area contributed by atoms with Crippen molar-refractivity contribution in [2.75, 3.05) is 0 Å². The van der Waals surface area contributed by atoms with Gasteiger partial charge >= 0.3 is 0 Å². The predicted molar refractivity (Wildman–Crippen MR) is 71.3 cm³/mol. The Morgan fingerprint density at radius 1 is 1.06 bits per heavy atom. The van der Waals surface area contributed by atoms with Crippen LogP contribution in [0.2, 0.25) is 0 Å². The Labute approximate surface area is 113 Å². The molecule has 4 heteroatoms. The zero-order chi connectivity index (χ0) is 13.3. The number of halogens is 3. The Morgan fingerprint density at radius 2 is 1.78 bits per heavy atom. The fourth-order valence-electron chi connectivity index (χ4n) is 1.74. The minimum Gasteiger partial charge on any atom is -0.320 e. The summed E-state index contributed by atoms with van der Waals surface area (Å²) in [4.78, 5) is 0. The highest BCUT2D eigenvalue weighted by Crippen LogP contribution is 2.26. The van der Waals surface area contributed by atoms with E-state index >= 15 is 0 Å². The van der Waals surface area contributed by atoms with Crippen LogP contribution < -0.4 is 5.73 Å². The Kier molecular flexibility index (Phi) is 3.78. The maximum absolute atomic E-state index is 13.7. The highest BCUT2D eigenvalue weighted by atomic mass is 79.9. The number of aryl methyl sites for hydroxylation is 1. The molecule has 0 saturated carbocycles. The molecule has 0 aliphatic rings. The van der Waals surface area contributed by atoms with Crippen LogP contribution in [-0.4, -0.2) is 0 Å². The first-order valence-electron chi connectivity index (χ1n) is 5.45. The summed E-state index contributed by atoms with van der Waals surface area (Å²) in [6.45, 7) is 1.67. The number of hydrogen-bond acceptors (Lipinski definition) is 1. The van der Waals surface area contributed by atoms with Crippen molar-refractivity contribution in [1.82, 2.24) is 0 Å². The van der Waals surface area contributed by atoms with E-state index in [1.807, 2.05) is 0 Å². The minimum atomic E-state index is -0.683. The van der Waals surface area contributed by atoms with Crippen molar-refractivity contribution >= 4 is 15.9 Å². The van der Waals surface area contributed by atoms with Crippen LogP contribution in [0.3, 0.4) is 0 Å². The molecule has 1 nitrogen and oxygen atoms in total. The summed E-state index contributed by atoms with van der Waals surface area (Å²) in [6.07, 6.45) is 0. The first-order valence-corrected chi connectivity index (χ1v) is 6.25. The highest BCUT2D eigenvalue weighted by Gasteiger charge is 2.15. The van der Waals surface area contributed by atoms with Crippen molar-refractivity contribution in [3.05, 3.63) is 69.2 Å². The Hall–Kier alpha value is -1.26. The first-order chi connectivity index (χ1) is 8.49. The van der Waals surface area contributed by atoms with Crippen molar-refractivity contribution in [2.24, 2.45) is 5.73 Å². The van der Waals surface area contributed by atoms with Gasteiger partial charge in [-0.25, -0.2) is 8.78 Å². The molecule has 0 saturated heterocycles. The summed E-state index contributed by atoms with van der Waals surface area (Å²) in [5, 5.41) is 0. The topological polar surface area (TPSA) is 26.0 Å². The van der Waals surface area contributed by atoms with Gasteiger partial charge in [0, 0.05) is 10.0 Å². The Bertz CT molecular complexity index is 584. The van der Waals surface area contributed by atoms with Gasteiger partial charge in [-0.3, -0.25) is 0 Å². The molecule has 94 valence electrons.